The van der Waals surface area contributed by atoms with E-state index in [1.807, 2.05) is 0 Å². The quantitative estimate of drug-likeness (QED) is 0.686. The number of carbonyl (C=O) groups is 2. The standard InChI is InChI=1S/C17H14BrClFN3O4/c1-27-17(26)11-13(22-10-3-2-7(18)6-9(10)20)12(19)16(25)23-5-4-8(14(11)23)15(21)24/h2-3,6,8,22H,4-5H2,1H3,(H2,21,24). The van der Waals surface area contributed by atoms with Crippen molar-refractivity contribution in [1.29, 1.82) is 0 Å². The summed E-state index contributed by atoms with van der Waals surface area (Å²) in [4.78, 5) is 36.9. The Morgan fingerprint density at radius 1 is 1.44 bits per heavy atom. The number of rotatable bonds is 4. The van der Waals surface area contributed by atoms with Crippen LogP contribution in [0.5, 0.6) is 0 Å². The van der Waals surface area contributed by atoms with Crippen molar-refractivity contribution in [3.63, 3.8) is 0 Å². The maximum absolute atomic E-state index is 14.3. The summed E-state index contributed by atoms with van der Waals surface area (Å²) in [7, 11) is 1.15. The first-order valence-electron chi connectivity index (χ1n) is 7.82. The van der Waals surface area contributed by atoms with Gasteiger partial charge in [-0.1, -0.05) is 27.5 Å². The molecule has 10 heteroatoms. The molecule has 0 saturated heterocycles. The van der Waals surface area contributed by atoms with E-state index in [0.717, 1.165) is 7.11 Å². The molecule has 1 aliphatic rings. The van der Waals surface area contributed by atoms with Crippen molar-refractivity contribution in [2.75, 3.05) is 12.4 Å². The average Bonchev–Trinajstić information content (AvgIpc) is 3.06. The lowest BCUT2D eigenvalue weighted by molar-refractivity contribution is -0.119. The first kappa shape index (κ1) is 19.4. The highest BCUT2D eigenvalue weighted by atomic mass is 79.9. The van der Waals surface area contributed by atoms with Gasteiger partial charge in [0, 0.05) is 11.0 Å². The molecule has 0 fully saturated rings. The van der Waals surface area contributed by atoms with E-state index in [2.05, 4.69) is 21.2 Å². The lowest BCUT2D eigenvalue weighted by Gasteiger charge is -2.19. The van der Waals surface area contributed by atoms with Crippen molar-refractivity contribution < 1.29 is 18.7 Å². The minimum Gasteiger partial charge on any atom is -0.465 e. The van der Waals surface area contributed by atoms with Gasteiger partial charge in [-0.05, 0) is 24.6 Å². The van der Waals surface area contributed by atoms with E-state index in [1.54, 1.807) is 6.07 Å². The zero-order valence-electron chi connectivity index (χ0n) is 14.0. The summed E-state index contributed by atoms with van der Waals surface area (Å²) in [6.45, 7) is 0.179. The van der Waals surface area contributed by atoms with Gasteiger partial charge < -0.3 is 20.4 Å². The fourth-order valence-electron chi connectivity index (χ4n) is 3.12. The van der Waals surface area contributed by atoms with Crippen molar-refractivity contribution in [2.24, 2.45) is 5.73 Å². The Hall–Kier alpha value is -2.39. The molecule has 7 nitrogen and oxygen atoms in total. The highest BCUT2D eigenvalue weighted by Gasteiger charge is 2.37. The predicted octanol–water partition coefficient (Wildman–Crippen LogP) is 2.91. The van der Waals surface area contributed by atoms with Crippen LogP contribution in [0.1, 0.15) is 28.4 Å². The summed E-state index contributed by atoms with van der Waals surface area (Å²) in [6.07, 6.45) is 0.251. The highest BCUT2D eigenvalue weighted by Crippen LogP contribution is 2.38. The molecule has 2 heterocycles. The number of pyridine rings is 1. The maximum atomic E-state index is 14.3. The molecular weight excluding hydrogens is 445 g/mol. The van der Waals surface area contributed by atoms with Crippen LogP contribution >= 0.6 is 27.5 Å². The van der Waals surface area contributed by atoms with Crippen LogP contribution in [-0.2, 0) is 16.1 Å². The topological polar surface area (TPSA) is 103 Å². The molecule has 3 N–H and O–H groups in total. The Balaban J connectivity index is 2.28. The fraction of sp³-hybridized carbons (Fsp3) is 0.235. The number of ether oxygens (including phenoxy) is 1. The number of methoxy groups -OCH3 is 1. The number of halogens is 3. The summed E-state index contributed by atoms with van der Waals surface area (Å²) >= 11 is 9.34. The third kappa shape index (κ3) is 3.32. The second-order valence-corrected chi connectivity index (χ2v) is 7.18. The normalized spacial score (nSPS) is 15.3. The van der Waals surface area contributed by atoms with Crippen LogP contribution in [0, 0.1) is 5.82 Å². The van der Waals surface area contributed by atoms with Gasteiger partial charge in [0.2, 0.25) is 5.91 Å². The number of nitrogens with one attached hydrogen (secondary N) is 1. The van der Waals surface area contributed by atoms with Gasteiger partial charge in [-0.15, -0.1) is 0 Å². The summed E-state index contributed by atoms with van der Waals surface area (Å²) in [6, 6.07) is 4.19. The molecule has 0 saturated carbocycles. The highest BCUT2D eigenvalue weighted by molar-refractivity contribution is 9.10. The van der Waals surface area contributed by atoms with Gasteiger partial charge >= 0.3 is 5.97 Å². The molecule has 27 heavy (non-hydrogen) atoms. The number of carbonyl (C=O) groups excluding carboxylic acids is 2. The molecular formula is C17H14BrClFN3O4. The van der Waals surface area contributed by atoms with E-state index in [4.69, 9.17) is 22.1 Å². The van der Waals surface area contributed by atoms with Gasteiger partial charge in [0.25, 0.3) is 5.56 Å². The van der Waals surface area contributed by atoms with Gasteiger partial charge in [0.05, 0.1) is 30.1 Å². The lowest BCUT2D eigenvalue weighted by Crippen LogP contribution is -2.28. The van der Waals surface area contributed by atoms with Gasteiger partial charge in [0.15, 0.2) is 0 Å². The molecule has 1 aromatic carbocycles. The van der Waals surface area contributed by atoms with Crippen LogP contribution in [0.25, 0.3) is 0 Å². The molecule has 0 aliphatic carbocycles. The second-order valence-electron chi connectivity index (χ2n) is 5.89. The van der Waals surface area contributed by atoms with Crippen molar-refractivity contribution in [1.82, 2.24) is 4.57 Å². The Morgan fingerprint density at radius 2 is 2.15 bits per heavy atom. The molecule has 1 atom stereocenters. The van der Waals surface area contributed by atoms with E-state index in [0.29, 0.717) is 4.47 Å². The average molecular weight is 459 g/mol. The fourth-order valence-corrected chi connectivity index (χ4v) is 3.69. The molecule has 0 spiro atoms. The van der Waals surface area contributed by atoms with Gasteiger partial charge in [-0.2, -0.15) is 0 Å². The number of aromatic nitrogens is 1. The number of nitrogens with two attached hydrogens (primary N) is 1. The maximum Gasteiger partial charge on any atom is 0.341 e. The number of anilines is 2. The number of esters is 1. The van der Waals surface area contributed by atoms with Crippen molar-refractivity contribution in [3.8, 4) is 0 Å². The zero-order valence-corrected chi connectivity index (χ0v) is 16.4. The summed E-state index contributed by atoms with van der Waals surface area (Å²) in [5, 5.41) is 2.37. The van der Waals surface area contributed by atoms with E-state index >= 15 is 0 Å². The van der Waals surface area contributed by atoms with E-state index in [9.17, 15) is 18.8 Å². The van der Waals surface area contributed by atoms with Crippen molar-refractivity contribution >= 4 is 50.8 Å². The van der Waals surface area contributed by atoms with Crippen LogP contribution < -0.4 is 16.6 Å². The summed E-state index contributed by atoms with van der Waals surface area (Å²) < 4.78 is 20.8. The van der Waals surface area contributed by atoms with Crippen LogP contribution in [0.15, 0.2) is 27.5 Å². The number of primary amides is 1. The number of hydrogen-bond acceptors (Lipinski definition) is 5. The molecule has 1 aliphatic heterocycles. The monoisotopic (exact) mass is 457 g/mol. The van der Waals surface area contributed by atoms with Crippen LogP contribution in [0.3, 0.4) is 0 Å². The molecule has 3 rings (SSSR count). The van der Waals surface area contributed by atoms with Gasteiger partial charge in [-0.25, -0.2) is 9.18 Å². The number of amides is 1. The lowest BCUT2D eigenvalue weighted by atomic mass is 9.98. The predicted molar refractivity (Wildman–Crippen MR) is 101 cm³/mol. The minimum absolute atomic E-state index is 0.0109. The minimum atomic E-state index is -0.862. The first-order chi connectivity index (χ1) is 12.8. The van der Waals surface area contributed by atoms with Gasteiger partial charge in [0.1, 0.15) is 16.4 Å². The molecule has 142 valence electrons. The Morgan fingerprint density at radius 3 is 2.74 bits per heavy atom. The van der Waals surface area contributed by atoms with Crippen LogP contribution in [0.2, 0.25) is 5.02 Å². The molecule has 1 unspecified atom stereocenters. The third-order valence-corrected chi connectivity index (χ3v) is 5.19. The Labute approximate surface area is 166 Å². The number of benzene rings is 1. The molecule has 0 radical (unpaired) electrons. The molecule has 2 aromatic rings. The van der Waals surface area contributed by atoms with Crippen molar-refractivity contribution in [2.45, 2.75) is 18.9 Å². The summed E-state index contributed by atoms with van der Waals surface area (Å²) in [5.41, 5.74) is 4.67. The van der Waals surface area contributed by atoms with Gasteiger partial charge in [-0.3, -0.25) is 9.59 Å². The zero-order chi connectivity index (χ0) is 19.9. The van der Waals surface area contributed by atoms with Crippen LogP contribution in [0.4, 0.5) is 15.8 Å². The number of nitrogens with zero attached hydrogens (tertiary/aromatic N) is 1. The van der Waals surface area contributed by atoms with Crippen molar-refractivity contribution in [3.05, 3.63) is 55.1 Å². The molecule has 0 bridgehead atoms. The number of fused-ring (bicyclic) bond motifs is 1. The third-order valence-electron chi connectivity index (χ3n) is 4.34. The van der Waals surface area contributed by atoms with E-state index in [1.165, 1.54) is 16.7 Å². The summed E-state index contributed by atoms with van der Waals surface area (Å²) in [5.74, 6) is -3.01. The Bertz CT molecular complexity index is 1020. The van der Waals surface area contributed by atoms with E-state index in [-0.39, 0.29) is 40.6 Å². The Kier molecular flexibility index (Phi) is 5.25. The largest absolute Gasteiger partial charge is 0.465 e. The number of hydrogen-bond donors (Lipinski definition) is 2. The first-order valence-corrected chi connectivity index (χ1v) is 8.99. The molecule has 1 aromatic heterocycles. The smallest absolute Gasteiger partial charge is 0.341 e. The second kappa shape index (κ2) is 7.32. The van der Waals surface area contributed by atoms with E-state index < -0.39 is 29.2 Å². The van der Waals surface area contributed by atoms with Crippen LogP contribution in [-0.4, -0.2) is 23.6 Å². The molecule has 1 amide bonds. The SMILES string of the molecule is COC(=O)c1c(Nc2ccc(Br)cc2F)c(Cl)c(=O)n2c1C(C(N)=O)CC2.